The van der Waals surface area contributed by atoms with E-state index in [2.05, 4.69) is 4.99 Å². The fraction of sp³-hybridized carbons (Fsp3) is 0.227. The molecule has 2 aliphatic rings. The zero-order valence-corrected chi connectivity index (χ0v) is 16.8. The summed E-state index contributed by atoms with van der Waals surface area (Å²) in [4.78, 5) is 33.1. The lowest BCUT2D eigenvalue weighted by molar-refractivity contribution is -0.154. The van der Waals surface area contributed by atoms with Crippen molar-refractivity contribution >= 4 is 35.4 Å². The highest BCUT2D eigenvalue weighted by atomic mass is 35.5. The number of likely N-dealkylation sites (N-methyl/N-ethyl adjacent to an activating group) is 1. The Hall–Kier alpha value is -3.68. The maximum atomic E-state index is 13.9. The summed E-state index contributed by atoms with van der Waals surface area (Å²) in [6.07, 6.45) is 1.10. The van der Waals surface area contributed by atoms with Gasteiger partial charge in [-0.15, -0.1) is 0 Å². The first-order valence-electron chi connectivity index (χ1n) is 8.97. The van der Waals surface area contributed by atoms with Crippen LogP contribution in [0.4, 0.5) is 5.69 Å². The predicted octanol–water partition coefficient (Wildman–Crippen LogP) is 2.74. The van der Waals surface area contributed by atoms with Crippen molar-refractivity contribution in [1.29, 1.82) is 10.5 Å². The number of aliphatic imine (C=N–C) groups is 1. The lowest BCUT2D eigenvalue weighted by atomic mass is 9.53. The number of rotatable bonds is 2. The van der Waals surface area contributed by atoms with Crippen molar-refractivity contribution in [1.82, 2.24) is 0 Å². The molecule has 0 fully saturated rings. The number of anilines is 1. The van der Waals surface area contributed by atoms with Gasteiger partial charge in [-0.2, -0.15) is 10.5 Å². The average Bonchev–Trinajstić information content (AvgIpc) is 3.22. The molecule has 2 aromatic rings. The normalized spacial score (nSPS) is 25.6. The number of carbonyl (C=O) groups excluding carboxylic acids is 2. The van der Waals surface area contributed by atoms with Gasteiger partial charge in [-0.25, -0.2) is 4.79 Å². The van der Waals surface area contributed by atoms with Crippen LogP contribution in [0.5, 0.6) is 0 Å². The molecule has 2 atom stereocenters. The Balaban J connectivity index is 2.23. The third kappa shape index (κ3) is 1.95. The summed E-state index contributed by atoms with van der Waals surface area (Å²) in [5, 5.41) is 20.7. The van der Waals surface area contributed by atoms with E-state index in [1.807, 2.05) is 12.1 Å². The molecule has 0 saturated heterocycles. The molecule has 0 aliphatic carbocycles. The average molecular weight is 419 g/mol. The second-order valence-corrected chi connectivity index (χ2v) is 7.57. The number of amides is 1. The van der Waals surface area contributed by atoms with Crippen molar-refractivity contribution < 1.29 is 14.3 Å². The Bertz CT molecular complexity index is 1180. The Morgan fingerprint density at radius 2 is 1.77 bits per heavy atom. The minimum atomic E-state index is -2.04. The summed E-state index contributed by atoms with van der Waals surface area (Å²) >= 11 is 6.04. The lowest BCUT2D eigenvalue weighted by Crippen LogP contribution is -2.63. The number of benzene rings is 2. The first-order chi connectivity index (χ1) is 14.4. The van der Waals surface area contributed by atoms with Gasteiger partial charge in [0.2, 0.25) is 11.4 Å². The number of fused-ring (bicyclic) bond motifs is 2. The van der Waals surface area contributed by atoms with Crippen molar-refractivity contribution in [2.24, 2.45) is 10.4 Å². The highest BCUT2D eigenvalue weighted by molar-refractivity contribution is 6.30. The molecule has 8 heteroatoms. The Morgan fingerprint density at radius 1 is 1.13 bits per heavy atom. The number of nitriles is 2. The van der Waals surface area contributed by atoms with Crippen LogP contribution >= 0.6 is 11.6 Å². The van der Waals surface area contributed by atoms with Crippen LogP contribution in [0.15, 0.2) is 53.5 Å². The van der Waals surface area contributed by atoms with Crippen molar-refractivity contribution in [2.45, 2.75) is 11.0 Å². The van der Waals surface area contributed by atoms with Crippen LogP contribution in [-0.4, -0.2) is 32.2 Å². The second kappa shape index (κ2) is 6.41. The highest BCUT2D eigenvalue weighted by Gasteiger charge is 2.80. The van der Waals surface area contributed by atoms with Gasteiger partial charge in [0.05, 0.1) is 19.2 Å². The summed E-state index contributed by atoms with van der Waals surface area (Å²) in [6.45, 7) is 0. The van der Waals surface area contributed by atoms with E-state index in [0.29, 0.717) is 21.8 Å². The van der Waals surface area contributed by atoms with Crippen molar-refractivity contribution in [3.05, 3.63) is 64.7 Å². The van der Waals surface area contributed by atoms with E-state index in [1.54, 1.807) is 48.5 Å². The van der Waals surface area contributed by atoms with Crippen LogP contribution in [0.1, 0.15) is 11.1 Å². The number of methoxy groups -OCH3 is 1. The van der Waals surface area contributed by atoms with Crippen LogP contribution in [-0.2, 0) is 25.3 Å². The van der Waals surface area contributed by atoms with Crippen molar-refractivity contribution in [3.63, 3.8) is 0 Å². The van der Waals surface area contributed by atoms with Gasteiger partial charge in [-0.05, 0) is 29.3 Å². The van der Waals surface area contributed by atoms with Crippen molar-refractivity contribution in [2.75, 3.05) is 19.1 Å². The molecule has 0 aromatic heterocycles. The van der Waals surface area contributed by atoms with Gasteiger partial charge in [0.15, 0.2) is 10.8 Å². The summed E-state index contributed by atoms with van der Waals surface area (Å²) in [5.74, 6) is -1.45. The minimum absolute atomic E-state index is 0.292. The van der Waals surface area contributed by atoms with Gasteiger partial charge >= 0.3 is 5.97 Å². The molecule has 0 unspecified atom stereocenters. The van der Waals surface area contributed by atoms with Gasteiger partial charge in [0.25, 0.3) is 0 Å². The minimum Gasteiger partial charge on any atom is -0.467 e. The first-order valence-corrected chi connectivity index (χ1v) is 9.35. The fourth-order valence-electron chi connectivity index (χ4n) is 4.67. The third-order valence-electron chi connectivity index (χ3n) is 5.98. The molecule has 0 N–H and O–H groups in total. The van der Waals surface area contributed by atoms with Gasteiger partial charge in [-0.3, -0.25) is 9.79 Å². The summed E-state index contributed by atoms with van der Waals surface area (Å²) in [6, 6.07) is 16.9. The van der Waals surface area contributed by atoms with E-state index in [1.165, 1.54) is 19.1 Å². The van der Waals surface area contributed by atoms with Gasteiger partial charge < -0.3 is 9.64 Å². The largest absolute Gasteiger partial charge is 0.467 e. The van der Waals surface area contributed by atoms with Crippen molar-refractivity contribution in [3.8, 4) is 12.1 Å². The molecule has 0 saturated carbocycles. The SMILES string of the molecule is COC(=O)[C@]1(c2ccc(Cl)cc2)N=CC(C#N)(C#N)[C@@]12C(=O)N(C)c1ccccc12. The van der Waals surface area contributed by atoms with Crippen LogP contribution in [0.25, 0.3) is 0 Å². The monoisotopic (exact) mass is 418 g/mol. The zero-order chi connectivity index (χ0) is 21.7. The summed E-state index contributed by atoms with van der Waals surface area (Å²) in [7, 11) is 2.72. The topological polar surface area (TPSA) is 107 Å². The van der Waals surface area contributed by atoms with E-state index in [9.17, 15) is 20.1 Å². The number of ether oxygens (including phenoxy) is 1. The number of hydrogen-bond donors (Lipinski definition) is 0. The Kier molecular flexibility index (Phi) is 4.20. The molecule has 148 valence electrons. The fourth-order valence-corrected chi connectivity index (χ4v) is 4.79. The summed E-state index contributed by atoms with van der Waals surface area (Å²) < 4.78 is 5.11. The molecule has 4 rings (SSSR count). The molecule has 1 amide bonds. The number of nitrogens with zero attached hydrogens (tertiary/aromatic N) is 4. The Labute approximate surface area is 177 Å². The maximum absolute atomic E-state index is 13.9. The summed E-state index contributed by atoms with van der Waals surface area (Å²) in [5.41, 5.74) is -4.87. The van der Waals surface area contributed by atoms with E-state index >= 15 is 0 Å². The van der Waals surface area contributed by atoms with Crippen LogP contribution in [0.2, 0.25) is 5.02 Å². The van der Waals surface area contributed by atoms with Crippen LogP contribution < -0.4 is 4.90 Å². The molecule has 2 aliphatic heterocycles. The maximum Gasteiger partial charge on any atom is 0.340 e. The quantitative estimate of drug-likeness (QED) is 0.697. The number of halogens is 1. The number of esters is 1. The molecule has 1 spiro atoms. The van der Waals surface area contributed by atoms with E-state index < -0.39 is 28.2 Å². The lowest BCUT2D eigenvalue weighted by Gasteiger charge is -2.42. The number of carbonyl (C=O) groups is 2. The molecule has 7 nitrogen and oxygen atoms in total. The number of hydrogen-bond acceptors (Lipinski definition) is 6. The highest BCUT2D eigenvalue weighted by Crippen LogP contribution is 2.64. The zero-order valence-electron chi connectivity index (χ0n) is 16.1. The van der Waals surface area contributed by atoms with E-state index in [-0.39, 0.29) is 0 Å². The molecular weight excluding hydrogens is 404 g/mol. The smallest absolute Gasteiger partial charge is 0.340 e. The molecule has 2 aromatic carbocycles. The van der Waals surface area contributed by atoms with E-state index in [4.69, 9.17) is 16.3 Å². The van der Waals surface area contributed by atoms with Gasteiger partial charge in [0.1, 0.15) is 0 Å². The van der Waals surface area contributed by atoms with E-state index in [0.717, 1.165) is 6.21 Å². The van der Waals surface area contributed by atoms with Gasteiger partial charge in [0, 0.05) is 24.0 Å². The Morgan fingerprint density at radius 3 is 2.37 bits per heavy atom. The van der Waals surface area contributed by atoms with Gasteiger partial charge in [-0.1, -0.05) is 41.9 Å². The number of para-hydroxylation sites is 1. The molecular formula is C22H15ClN4O3. The standard InChI is InChI=1S/C22H15ClN4O3/c1-27-17-6-4-3-5-16(17)21(18(27)28)20(11-24,12-25)13-26-22(21,19(29)30-2)14-7-9-15(23)10-8-14/h3-10,13H,1-2H3/t21-,22+/m1/s1. The third-order valence-corrected chi connectivity index (χ3v) is 6.23. The molecule has 30 heavy (non-hydrogen) atoms. The second-order valence-electron chi connectivity index (χ2n) is 7.13. The predicted molar refractivity (Wildman–Crippen MR) is 109 cm³/mol. The first kappa shape index (κ1) is 19.6. The molecule has 0 bridgehead atoms. The van der Waals surface area contributed by atoms with Crippen LogP contribution in [0, 0.1) is 28.1 Å². The molecule has 2 heterocycles. The van der Waals surface area contributed by atoms with Crippen LogP contribution in [0.3, 0.4) is 0 Å². The molecule has 0 radical (unpaired) electrons.